The molecule has 1 unspecified atom stereocenters. The van der Waals surface area contributed by atoms with E-state index in [4.69, 9.17) is 18.9 Å². The maximum atomic E-state index is 13.5. The van der Waals surface area contributed by atoms with Gasteiger partial charge in [-0.15, -0.1) is 0 Å². The van der Waals surface area contributed by atoms with Gasteiger partial charge in [-0.1, -0.05) is 12.2 Å². The number of phenols is 2. The molecule has 0 saturated carbocycles. The van der Waals surface area contributed by atoms with Crippen LogP contribution in [0.5, 0.6) is 28.7 Å². The number of allylic oxidation sites excluding steroid dienone is 1. The minimum absolute atomic E-state index is 0.00354. The number of nitrogens with one attached hydrogen (secondary N) is 1. The first-order chi connectivity index (χ1) is 20.6. The minimum Gasteiger partial charge on any atom is -0.507 e. The molecule has 0 saturated heterocycles. The zero-order valence-corrected chi connectivity index (χ0v) is 25.1. The van der Waals surface area contributed by atoms with Gasteiger partial charge >= 0.3 is 5.97 Å². The van der Waals surface area contributed by atoms with Crippen molar-refractivity contribution in [2.24, 2.45) is 0 Å². The summed E-state index contributed by atoms with van der Waals surface area (Å²) in [6.45, 7) is 1.44. The fourth-order valence-electron chi connectivity index (χ4n) is 5.16. The normalized spacial score (nSPS) is 16.8. The van der Waals surface area contributed by atoms with E-state index in [0.29, 0.717) is 49.8 Å². The molecule has 3 rings (SSSR count). The molecule has 11 heteroatoms. The van der Waals surface area contributed by atoms with Gasteiger partial charge in [0.1, 0.15) is 22.8 Å². The van der Waals surface area contributed by atoms with Gasteiger partial charge in [0.25, 0.3) is 0 Å². The lowest BCUT2D eigenvalue weighted by Gasteiger charge is -2.24. The Bertz CT molecular complexity index is 1310. The largest absolute Gasteiger partial charge is 0.507 e. The molecule has 0 bridgehead atoms. The van der Waals surface area contributed by atoms with E-state index in [0.717, 1.165) is 0 Å². The van der Waals surface area contributed by atoms with Crippen molar-refractivity contribution in [3.05, 3.63) is 46.5 Å². The highest BCUT2D eigenvalue weighted by Gasteiger charge is 2.32. The summed E-state index contributed by atoms with van der Waals surface area (Å²) in [6.07, 6.45) is 5.62. The van der Waals surface area contributed by atoms with Crippen LogP contribution >= 0.6 is 0 Å². The van der Waals surface area contributed by atoms with E-state index in [-0.39, 0.29) is 59.3 Å². The molecule has 0 spiro atoms. The lowest BCUT2D eigenvalue weighted by Crippen LogP contribution is -2.28. The first-order valence-corrected chi connectivity index (χ1v) is 14.3. The first-order valence-electron chi connectivity index (χ1n) is 14.3. The molecule has 11 nitrogen and oxygen atoms in total. The highest BCUT2D eigenvalue weighted by atomic mass is 16.5. The van der Waals surface area contributed by atoms with E-state index in [2.05, 4.69) is 5.32 Å². The number of hydrogen-bond donors (Lipinski definition) is 4. The number of esters is 1. The molecule has 43 heavy (non-hydrogen) atoms. The lowest BCUT2D eigenvalue weighted by atomic mass is 9.84. The molecule has 0 aliphatic carbocycles. The van der Waals surface area contributed by atoms with Crippen LogP contribution in [-0.2, 0) is 14.3 Å². The Hall–Kier alpha value is -4.25. The Morgan fingerprint density at radius 1 is 1.05 bits per heavy atom. The van der Waals surface area contributed by atoms with Crippen molar-refractivity contribution in [3.8, 4) is 28.7 Å². The molecular weight excluding hydrogens is 558 g/mol. The zero-order valence-electron chi connectivity index (χ0n) is 25.1. The summed E-state index contributed by atoms with van der Waals surface area (Å²) in [5.74, 6) is -2.14. The maximum absolute atomic E-state index is 13.5. The molecule has 0 fully saturated rings. The van der Waals surface area contributed by atoms with Crippen molar-refractivity contribution in [2.45, 2.75) is 63.9 Å². The second-order valence-corrected chi connectivity index (χ2v) is 10.4. The summed E-state index contributed by atoms with van der Waals surface area (Å²) in [6, 6.07) is 4.54. The number of amides is 1. The first kappa shape index (κ1) is 33.3. The van der Waals surface area contributed by atoms with E-state index < -0.39 is 29.6 Å². The molecule has 1 heterocycles. The number of fused-ring (bicyclic) bond motifs is 1. The number of benzene rings is 2. The molecule has 234 valence electrons. The van der Waals surface area contributed by atoms with Gasteiger partial charge in [-0.05, 0) is 61.9 Å². The molecule has 4 N–H and O–H groups in total. The SMILES string of the molecule is COc1cc(C(CC(=O)NCCO)c2c(O)cc3c(c2O)C(=O)O[C@@H](C)CCCC(=O)CCCC=C3)cc(OC)c1OC. The Balaban J connectivity index is 2.23. The number of ether oxygens (including phenoxy) is 4. The van der Waals surface area contributed by atoms with Gasteiger partial charge in [-0.25, -0.2) is 4.79 Å². The summed E-state index contributed by atoms with van der Waals surface area (Å²) in [5.41, 5.74) is 0.420. The van der Waals surface area contributed by atoms with Gasteiger partial charge < -0.3 is 39.6 Å². The van der Waals surface area contributed by atoms with E-state index in [1.54, 1.807) is 31.2 Å². The maximum Gasteiger partial charge on any atom is 0.342 e. The molecule has 0 radical (unpaired) electrons. The molecule has 1 aliphatic rings. The van der Waals surface area contributed by atoms with E-state index in [1.807, 2.05) is 0 Å². The number of Topliss-reactive ketones (excluding diaryl/α,β-unsaturated/α-hetero) is 1. The summed E-state index contributed by atoms with van der Waals surface area (Å²) in [7, 11) is 4.32. The van der Waals surface area contributed by atoms with Crippen LogP contribution in [0.15, 0.2) is 24.3 Å². The van der Waals surface area contributed by atoms with Crippen LogP contribution < -0.4 is 19.5 Å². The van der Waals surface area contributed by atoms with Crippen LogP contribution in [0.3, 0.4) is 0 Å². The Morgan fingerprint density at radius 3 is 2.35 bits per heavy atom. The zero-order chi connectivity index (χ0) is 31.5. The predicted octanol–water partition coefficient (Wildman–Crippen LogP) is 4.24. The number of hydrogen-bond acceptors (Lipinski definition) is 10. The van der Waals surface area contributed by atoms with Gasteiger partial charge in [-0.3, -0.25) is 9.59 Å². The third-order valence-electron chi connectivity index (χ3n) is 7.31. The third-order valence-corrected chi connectivity index (χ3v) is 7.31. The van der Waals surface area contributed by atoms with Crippen LogP contribution in [0.2, 0.25) is 0 Å². The fourth-order valence-corrected chi connectivity index (χ4v) is 5.16. The van der Waals surface area contributed by atoms with Gasteiger partial charge in [-0.2, -0.15) is 0 Å². The number of cyclic esters (lactones) is 1. The number of aromatic hydroxyl groups is 2. The van der Waals surface area contributed by atoms with Crippen LogP contribution in [-0.4, -0.2) is 73.6 Å². The van der Waals surface area contributed by atoms with Crippen molar-refractivity contribution in [3.63, 3.8) is 0 Å². The standard InChI is InChI=1S/C32H41NO10/c1-19-9-8-12-22(35)11-7-5-6-10-20-15-24(36)29(30(38)28(20)32(39)43-19)23(18-27(37)33-13-14-34)21-16-25(40-2)31(42-4)26(17-21)41-3/h6,10,15-17,19,23,34,36,38H,5,7-9,11-14,18H2,1-4H3,(H,33,37)/t19-,23?/m0/s1. The molecule has 1 amide bonds. The average molecular weight is 600 g/mol. The van der Waals surface area contributed by atoms with Crippen molar-refractivity contribution < 1.29 is 48.7 Å². The Morgan fingerprint density at radius 2 is 1.72 bits per heavy atom. The number of carbonyl (C=O) groups excluding carboxylic acids is 3. The average Bonchev–Trinajstić information content (AvgIpc) is 2.97. The number of aliphatic hydroxyl groups is 1. The van der Waals surface area contributed by atoms with Crippen molar-refractivity contribution >= 4 is 23.7 Å². The number of phenolic OH excluding ortho intramolecular Hbond substituents is 2. The van der Waals surface area contributed by atoms with E-state index in [1.165, 1.54) is 27.4 Å². The minimum atomic E-state index is -0.994. The molecule has 2 aromatic carbocycles. The van der Waals surface area contributed by atoms with Crippen LogP contribution in [0.1, 0.15) is 84.8 Å². The van der Waals surface area contributed by atoms with Crippen molar-refractivity contribution in [1.82, 2.24) is 5.32 Å². The Kier molecular flexibility index (Phi) is 12.2. The monoisotopic (exact) mass is 599 g/mol. The third kappa shape index (κ3) is 8.41. The highest BCUT2D eigenvalue weighted by molar-refractivity contribution is 5.98. The summed E-state index contributed by atoms with van der Waals surface area (Å²) < 4.78 is 22.1. The summed E-state index contributed by atoms with van der Waals surface area (Å²) in [5, 5.41) is 34.8. The lowest BCUT2D eigenvalue weighted by molar-refractivity contribution is -0.121. The van der Waals surface area contributed by atoms with Crippen molar-refractivity contribution in [1.29, 1.82) is 0 Å². The van der Waals surface area contributed by atoms with Crippen LogP contribution in [0.25, 0.3) is 6.08 Å². The summed E-state index contributed by atoms with van der Waals surface area (Å²) >= 11 is 0. The second-order valence-electron chi connectivity index (χ2n) is 10.4. The number of carbonyl (C=O) groups is 3. The Labute approximate surface area is 251 Å². The number of methoxy groups -OCH3 is 3. The molecule has 2 atom stereocenters. The number of rotatable bonds is 9. The molecule has 0 aromatic heterocycles. The van der Waals surface area contributed by atoms with Crippen LogP contribution in [0.4, 0.5) is 0 Å². The number of ketones is 1. The van der Waals surface area contributed by atoms with Gasteiger partial charge in [0.05, 0.1) is 34.0 Å². The fraction of sp³-hybridized carbons (Fsp3) is 0.469. The summed E-state index contributed by atoms with van der Waals surface area (Å²) in [4.78, 5) is 38.6. The quantitative estimate of drug-likeness (QED) is 0.307. The predicted molar refractivity (Wildman–Crippen MR) is 159 cm³/mol. The molecular formula is C32H41NO10. The van der Waals surface area contributed by atoms with Crippen molar-refractivity contribution in [2.75, 3.05) is 34.5 Å². The molecule has 2 aromatic rings. The van der Waals surface area contributed by atoms with Gasteiger partial charge in [0.15, 0.2) is 11.5 Å². The smallest absolute Gasteiger partial charge is 0.342 e. The molecule has 1 aliphatic heterocycles. The van der Waals surface area contributed by atoms with Gasteiger partial charge in [0.2, 0.25) is 11.7 Å². The van der Waals surface area contributed by atoms with Crippen LogP contribution in [0, 0.1) is 0 Å². The van der Waals surface area contributed by atoms with E-state index in [9.17, 15) is 29.7 Å². The van der Waals surface area contributed by atoms with Gasteiger partial charge in [0, 0.05) is 37.3 Å². The number of aliphatic hydroxyl groups excluding tert-OH is 1. The van der Waals surface area contributed by atoms with E-state index >= 15 is 0 Å². The highest BCUT2D eigenvalue weighted by Crippen LogP contribution is 2.47. The second kappa shape index (κ2) is 15.8. The topological polar surface area (TPSA) is 161 Å².